The van der Waals surface area contributed by atoms with Crippen molar-refractivity contribution in [2.45, 2.75) is 25.3 Å². The monoisotopic (exact) mass is 290 g/mol. The number of rotatable bonds is 4. The molecule has 110 valence electrons. The van der Waals surface area contributed by atoms with Gasteiger partial charge in [0.1, 0.15) is 6.26 Å². The summed E-state index contributed by atoms with van der Waals surface area (Å²) in [5.41, 5.74) is 0.429. The molecule has 0 aromatic carbocycles. The van der Waals surface area contributed by atoms with Crippen molar-refractivity contribution >= 4 is 11.8 Å². The van der Waals surface area contributed by atoms with Crippen molar-refractivity contribution in [3.63, 3.8) is 0 Å². The molecular formula is C13H14N4O4. The molecule has 3 rings (SSSR count). The maximum absolute atomic E-state index is 11.7. The molecule has 2 amide bonds. The van der Waals surface area contributed by atoms with Crippen molar-refractivity contribution in [2.24, 2.45) is 0 Å². The molecule has 0 saturated carbocycles. The molecule has 2 aromatic heterocycles. The Morgan fingerprint density at radius 1 is 1.52 bits per heavy atom. The van der Waals surface area contributed by atoms with Crippen LogP contribution in [0.1, 0.15) is 40.8 Å². The van der Waals surface area contributed by atoms with Crippen LogP contribution in [0.4, 0.5) is 0 Å². The van der Waals surface area contributed by atoms with Gasteiger partial charge in [-0.15, -0.1) is 0 Å². The lowest BCUT2D eigenvalue weighted by molar-refractivity contribution is -0.122. The van der Waals surface area contributed by atoms with E-state index in [1.807, 2.05) is 0 Å². The highest BCUT2D eigenvalue weighted by Gasteiger charge is 2.25. The van der Waals surface area contributed by atoms with E-state index >= 15 is 0 Å². The van der Waals surface area contributed by atoms with Crippen molar-refractivity contribution < 1.29 is 18.5 Å². The van der Waals surface area contributed by atoms with Gasteiger partial charge >= 0.3 is 0 Å². The minimum absolute atomic E-state index is 0.00846. The fourth-order valence-electron chi connectivity index (χ4n) is 2.16. The zero-order chi connectivity index (χ0) is 14.7. The van der Waals surface area contributed by atoms with E-state index in [0.29, 0.717) is 30.2 Å². The molecule has 1 saturated heterocycles. The summed E-state index contributed by atoms with van der Waals surface area (Å²) in [4.78, 5) is 27.3. The Hall–Kier alpha value is -2.64. The van der Waals surface area contributed by atoms with Crippen molar-refractivity contribution in [1.82, 2.24) is 20.8 Å². The first-order valence-corrected chi connectivity index (χ1v) is 6.62. The van der Waals surface area contributed by atoms with Gasteiger partial charge < -0.3 is 19.6 Å². The molecule has 1 fully saturated rings. The Labute approximate surface area is 119 Å². The average Bonchev–Trinajstić information content (AvgIpc) is 3.16. The molecule has 2 N–H and O–H groups in total. The number of furan rings is 1. The molecule has 0 bridgehead atoms. The first-order chi connectivity index (χ1) is 10.2. The lowest BCUT2D eigenvalue weighted by Crippen LogP contribution is -2.32. The molecule has 8 heteroatoms. The van der Waals surface area contributed by atoms with Crippen LogP contribution in [-0.4, -0.2) is 28.5 Å². The summed E-state index contributed by atoms with van der Waals surface area (Å²) in [6.07, 6.45) is 3.93. The molecule has 0 radical (unpaired) electrons. The van der Waals surface area contributed by atoms with Gasteiger partial charge in [0.2, 0.25) is 11.8 Å². The van der Waals surface area contributed by atoms with Crippen molar-refractivity contribution in [3.8, 4) is 0 Å². The molecule has 1 aliphatic heterocycles. The lowest BCUT2D eigenvalue weighted by Gasteiger charge is -2.18. The van der Waals surface area contributed by atoms with Gasteiger partial charge in [-0.1, -0.05) is 5.16 Å². The van der Waals surface area contributed by atoms with E-state index in [-0.39, 0.29) is 24.3 Å². The van der Waals surface area contributed by atoms with Gasteiger partial charge in [-0.2, -0.15) is 4.98 Å². The molecule has 1 unspecified atom stereocenters. The summed E-state index contributed by atoms with van der Waals surface area (Å²) in [6, 6.07) is 1.56. The molecule has 3 heterocycles. The summed E-state index contributed by atoms with van der Waals surface area (Å²) in [7, 11) is 0. The molecule has 1 aliphatic rings. The number of aromatic nitrogens is 2. The number of hydrogen-bond donors (Lipinski definition) is 2. The maximum atomic E-state index is 11.7. The predicted octanol–water partition coefficient (Wildman–Crippen LogP) is 0.586. The molecule has 8 nitrogen and oxygen atoms in total. The maximum Gasteiger partial charge on any atom is 0.254 e. The minimum atomic E-state index is -0.277. The Morgan fingerprint density at radius 3 is 3.19 bits per heavy atom. The number of carbonyl (C=O) groups excluding carboxylic acids is 2. The van der Waals surface area contributed by atoms with E-state index in [9.17, 15) is 9.59 Å². The average molecular weight is 290 g/mol. The third-order valence-electron chi connectivity index (χ3n) is 3.28. The summed E-state index contributed by atoms with van der Waals surface area (Å²) in [5, 5.41) is 9.28. The Bertz CT molecular complexity index is 634. The van der Waals surface area contributed by atoms with Crippen LogP contribution in [0.5, 0.6) is 0 Å². The van der Waals surface area contributed by atoms with Crippen LogP contribution in [0.15, 0.2) is 27.5 Å². The Kier molecular flexibility index (Phi) is 3.67. The van der Waals surface area contributed by atoms with Crippen LogP contribution < -0.4 is 10.6 Å². The van der Waals surface area contributed by atoms with Gasteiger partial charge in [0.05, 0.1) is 18.4 Å². The quantitative estimate of drug-likeness (QED) is 0.852. The highest BCUT2D eigenvalue weighted by Crippen LogP contribution is 2.22. The highest BCUT2D eigenvalue weighted by atomic mass is 16.5. The van der Waals surface area contributed by atoms with Gasteiger partial charge in [0.15, 0.2) is 5.82 Å². The summed E-state index contributed by atoms with van der Waals surface area (Å²) in [6.45, 7) is 0.751. The smallest absolute Gasteiger partial charge is 0.254 e. The van der Waals surface area contributed by atoms with E-state index in [0.717, 1.165) is 6.42 Å². The van der Waals surface area contributed by atoms with Crippen LogP contribution in [-0.2, 0) is 11.3 Å². The third kappa shape index (κ3) is 3.10. The number of piperidine rings is 1. The van der Waals surface area contributed by atoms with E-state index in [1.54, 1.807) is 6.07 Å². The van der Waals surface area contributed by atoms with Crippen LogP contribution >= 0.6 is 0 Å². The summed E-state index contributed by atoms with van der Waals surface area (Å²) >= 11 is 0. The number of nitrogens with zero attached hydrogens (tertiary/aromatic N) is 2. The molecule has 1 atom stereocenters. The second kappa shape index (κ2) is 5.78. The van der Waals surface area contributed by atoms with Gasteiger partial charge in [-0.3, -0.25) is 9.59 Å². The largest absolute Gasteiger partial charge is 0.472 e. The Morgan fingerprint density at radius 2 is 2.43 bits per heavy atom. The third-order valence-corrected chi connectivity index (χ3v) is 3.28. The molecule has 21 heavy (non-hydrogen) atoms. The molecule has 0 spiro atoms. The number of nitrogens with one attached hydrogen (secondary N) is 2. The van der Waals surface area contributed by atoms with Gasteiger partial charge in [0.25, 0.3) is 5.91 Å². The van der Waals surface area contributed by atoms with E-state index < -0.39 is 0 Å². The van der Waals surface area contributed by atoms with E-state index in [2.05, 4.69) is 20.8 Å². The van der Waals surface area contributed by atoms with Crippen molar-refractivity contribution in [1.29, 1.82) is 0 Å². The minimum Gasteiger partial charge on any atom is -0.472 e. The van der Waals surface area contributed by atoms with Crippen LogP contribution in [0.25, 0.3) is 0 Å². The summed E-state index contributed by atoms with van der Waals surface area (Å²) < 4.78 is 9.92. The standard InChI is InChI=1S/C13H14N4O4/c18-10-5-8(1-3-14-10)12-16-11(21-17-12)6-15-13(19)9-2-4-20-7-9/h2,4,7-8H,1,3,5-6H2,(H,14,18)(H,15,19). The normalized spacial score (nSPS) is 18.3. The first kappa shape index (κ1) is 13.3. The van der Waals surface area contributed by atoms with Gasteiger partial charge in [-0.05, 0) is 12.5 Å². The number of hydrogen-bond acceptors (Lipinski definition) is 6. The fourth-order valence-corrected chi connectivity index (χ4v) is 2.16. The first-order valence-electron chi connectivity index (χ1n) is 6.62. The topological polar surface area (TPSA) is 110 Å². The Balaban J connectivity index is 1.58. The van der Waals surface area contributed by atoms with E-state index in [1.165, 1.54) is 12.5 Å². The van der Waals surface area contributed by atoms with Crippen LogP contribution in [0, 0.1) is 0 Å². The van der Waals surface area contributed by atoms with Crippen molar-refractivity contribution in [3.05, 3.63) is 35.9 Å². The second-order valence-corrected chi connectivity index (χ2v) is 4.78. The zero-order valence-electron chi connectivity index (χ0n) is 11.2. The summed E-state index contributed by atoms with van der Waals surface area (Å²) in [5.74, 6) is 0.512. The fraction of sp³-hybridized carbons (Fsp3) is 0.385. The lowest BCUT2D eigenvalue weighted by atomic mass is 9.97. The second-order valence-electron chi connectivity index (χ2n) is 4.78. The predicted molar refractivity (Wildman–Crippen MR) is 69.2 cm³/mol. The van der Waals surface area contributed by atoms with E-state index in [4.69, 9.17) is 8.94 Å². The molecule has 2 aromatic rings. The van der Waals surface area contributed by atoms with Crippen LogP contribution in [0.2, 0.25) is 0 Å². The van der Waals surface area contributed by atoms with Gasteiger partial charge in [0, 0.05) is 18.9 Å². The van der Waals surface area contributed by atoms with Crippen molar-refractivity contribution in [2.75, 3.05) is 6.54 Å². The van der Waals surface area contributed by atoms with Crippen LogP contribution in [0.3, 0.4) is 0 Å². The number of carbonyl (C=O) groups is 2. The van der Waals surface area contributed by atoms with Gasteiger partial charge in [-0.25, -0.2) is 0 Å². The highest BCUT2D eigenvalue weighted by molar-refractivity contribution is 5.93. The zero-order valence-corrected chi connectivity index (χ0v) is 11.2. The SMILES string of the molecule is O=C1CC(c2noc(CNC(=O)c3ccoc3)n2)CCN1. The molecular weight excluding hydrogens is 276 g/mol. The molecule has 0 aliphatic carbocycles. The number of amides is 2.